The lowest BCUT2D eigenvalue weighted by Crippen LogP contribution is -2.46. The summed E-state index contributed by atoms with van der Waals surface area (Å²) in [6, 6.07) is 6.05. The third-order valence-corrected chi connectivity index (χ3v) is 7.70. The Hall–Kier alpha value is -4.49. The lowest BCUT2D eigenvalue weighted by atomic mass is 10.1. The number of benzene rings is 2. The van der Waals surface area contributed by atoms with Crippen molar-refractivity contribution < 1.29 is 28.9 Å². The molecule has 2 atom stereocenters. The van der Waals surface area contributed by atoms with Gasteiger partial charge in [0.15, 0.2) is 11.6 Å². The summed E-state index contributed by atoms with van der Waals surface area (Å²) >= 11 is 1.36. The van der Waals surface area contributed by atoms with Crippen LogP contribution in [0.25, 0.3) is 31.8 Å². The topological polar surface area (TPSA) is 144 Å². The van der Waals surface area contributed by atoms with E-state index in [1.54, 1.807) is 26.1 Å². The van der Waals surface area contributed by atoms with E-state index in [-0.39, 0.29) is 24.5 Å². The van der Waals surface area contributed by atoms with Gasteiger partial charge >= 0.3 is 6.09 Å². The maximum absolute atomic E-state index is 15.2. The molecule has 2 aromatic carbocycles. The van der Waals surface area contributed by atoms with Gasteiger partial charge in [-0.25, -0.2) is 34.1 Å². The molecular formula is C29H29FN6O5S. The van der Waals surface area contributed by atoms with Crippen molar-refractivity contribution in [2.45, 2.75) is 46.3 Å². The summed E-state index contributed by atoms with van der Waals surface area (Å²) in [5, 5.41) is 19.6. The van der Waals surface area contributed by atoms with Gasteiger partial charge in [0, 0.05) is 24.1 Å². The quantitative estimate of drug-likeness (QED) is 0.216. The van der Waals surface area contributed by atoms with Gasteiger partial charge in [0.05, 0.1) is 64.8 Å². The molecule has 0 aliphatic rings. The molecule has 0 unspecified atom stereocenters. The Morgan fingerprint density at radius 1 is 1.07 bits per heavy atom. The van der Waals surface area contributed by atoms with Crippen LogP contribution in [0.3, 0.4) is 0 Å². The molecule has 13 heteroatoms. The number of aliphatic hydroxyl groups excluding tert-OH is 1. The van der Waals surface area contributed by atoms with Crippen LogP contribution in [0.4, 0.5) is 14.9 Å². The number of hydrogen-bond donors (Lipinski definition) is 2. The van der Waals surface area contributed by atoms with E-state index < -0.39 is 24.1 Å². The zero-order chi connectivity index (χ0) is 30.0. The first-order valence-corrected chi connectivity index (χ1v) is 14.1. The predicted octanol–water partition coefficient (Wildman–Crippen LogP) is 5.42. The van der Waals surface area contributed by atoms with Crippen molar-refractivity contribution in [1.82, 2.24) is 24.9 Å². The summed E-state index contributed by atoms with van der Waals surface area (Å²) in [4.78, 5) is 35.2. The number of rotatable bonds is 10. The fraction of sp³-hybridized carbons (Fsp3) is 0.310. The highest BCUT2D eigenvalue weighted by atomic mass is 32.1. The number of thiazole rings is 1. The monoisotopic (exact) mass is 592 g/mol. The molecule has 0 radical (unpaired) electrons. The molecule has 218 valence electrons. The minimum atomic E-state index is -1.23. The highest BCUT2D eigenvalue weighted by Crippen LogP contribution is 2.37. The summed E-state index contributed by atoms with van der Waals surface area (Å²) in [7, 11) is 0. The van der Waals surface area contributed by atoms with Crippen LogP contribution in [0.15, 0.2) is 42.9 Å². The smallest absolute Gasteiger partial charge is 0.412 e. The van der Waals surface area contributed by atoms with Crippen molar-refractivity contribution in [2.24, 2.45) is 0 Å². The Morgan fingerprint density at radius 3 is 2.52 bits per heavy atom. The molecule has 42 heavy (non-hydrogen) atoms. The number of aliphatic hydroxyl groups is 1. The minimum absolute atomic E-state index is 0.0211. The average Bonchev–Trinajstić information content (AvgIpc) is 3.36. The number of carbonyl (C=O) groups is 1. The van der Waals surface area contributed by atoms with E-state index in [4.69, 9.17) is 14.6 Å². The van der Waals surface area contributed by atoms with Crippen LogP contribution in [0.1, 0.15) is 32.2 Å². The number of aryl methyl sites for hydroxylation is 1. The normalized spacial score (nSPS) is 12.8. The number of hydrogen-bond acceptors (Lipinski definition) is 10. The number of aromatic nitrogens is 5. The Balaban J connectivity index is 1.43. The van der Waals surface area contributed by atoms with Crippen molar-refractivity contribution in [3.63, 3.8) is 0 Å². The van der Waals surface area contributed by atoms with E-state index in [0.29, 0.717) is 44.6 Å². The van der Waals surface area contributed by atoms with Gasteiger partial charge in [-0.2, -0.15) is 0 Å². The molecule has 3 heterocycles. The lowest BCUT2D eigenvalue weighted by Gasteiger charge is -2.30. The number of ether oxygens (including phenoxy) is 2. The Morgan fingerprint density at radius 2 is 1.83 bits per heavy atom. The lowest BCUT2D eigenvalue weighted by molar-refractivity contribution is 0.167. The maximum atomic E-state index is 15.2. The summed E-state index contributed by atoms with van der Waals surface area (Å²) in [5.74, 6) is 0.189. The second-order valence-electron chi connectivity index (χ2n) is 9.64. The predicted molar refractivity (Wildman–Crippen MR) is 157 cm³/mol. The largest absolute Gasteiger partial charge is 0.485 e. The Kier molecular flexibility index (Phi) is 8.41. The summed E-state index contributed by atoms with van der Waals surface area (Å²) in [6.07, 6.45) is 2.60. The van der Waals surface area contributed by atoms with Crippen molar-refractivity contribution in [2.75, 3.05) is 18.1 Å². The van der Waals surface area contributed by atoms with Crippen LogP contribution in [-0.4, -0.2) is 66.6 Å². The first-order chi connectivity index (χ1) is 20.2. The molecule has 2 N–H and O–H groups in total. The van der Waals surface area contributed by atoms with Crippen LogP contribution in [-0.2, 0) is 6.42 Å². The van der Waals surface area contributed by atoms with Crippen LogP contribution >= 0.6 is 11.3 Å². The van der Waals surface area contributed by atoms with Gasteiger partial charge in [-0.05, 0) is 45.4 Å². The molecule has 5 rings (SSSR count). The number of anilines is 1. The maximum Gasteiger partial charge on any atom is 0.412 e. The first-order valence-electron chi connectivity index (χ1n) is 13.3. The van der Waals surface area contributed by atoms with Gasteiger partial charge in [0.25, 0.3) is 0 Å². The fourth-order valence-corrected chi connectivity index (χ4v) is 5.49. The van der Waals surface area contributed by atoms with Gasteiger partial charge in [0.2, 0.25) is 5.88 Å². The van der Waals surface area contributed by atoms with Crippen LogP contribution < -0.4 is 14.4 Å². The van der Waals surface area contributed by atoms with Gasteiger partial charge in [-0.15, -0.1) is 11.3 Å². The van der Waals surface area contributed by atoms with Crippen LogP contribution in [0, 0.1) is 12.7 Å². The first kappa shape index (κ1) is 29.0. The standard InChI is InChI=1S/C29H29FN6O5S/c1-5-40-26-14-33-27-19(8-15(2)9-22(27)34-26)28-35-21-10-20(30)23(11-24(21)42-28)41-17(4)16(3)36(29(38)39)18-12-31-25(6-7-37)32-13-18/h8-14,16-17,37H,5-7H2,1-4H3,(H,38,39)/t16-,17+/m1/s1. The van der Waals surface area contributed by atoms with E-state index >= 15 is 4.39 Å². The molecule has 0 spiro atoms. The van der Waals surface area contributed by atoms with Crippen molar-refractivity contribution >= 4 is 44.4 Å². The molecule has 1 amide bonds. The minimum Gasteiger partial charge on any atom is -0.485 e. The molecule has 0 bridgehead atoms. The highest BCUT2D eigenvalue weighted by Gasteiger charge is 2.29. The van der Waals surface area contributed by atoms with Crippen LogP contribution in [0.2, 0.25) is 0 Å². The number of nitrogens with zero attached hydrogens (tertiary/aromatic N) is 6. The van der Waals surface area contributed by atoms with E-state index in [2.05, 4.69) is 24.9 Å². The van der Waals surface area contributed by atoms with E-state index in [1.807, 2.05) is 26.0 Å². The van der Waals surface area contributed by atoms with Gasteiger partial charge in [-0.3, -0.25) is 4.90 Å². The fourth-order valence-electron chi connectivity index (χ4n) is 4.49. The summed E-state index contributed by atoms with van der Waals surface area (Å²) < 4.78 is 27.4. The molecule has 3 aromatic heterocycles. The Bertz CT molecular complexity index is 1750. The van der Waals surface area contributed by atoms with Gasteiger partial charge in [-0.1, -0.05) is 0 Å². The molecule has 0 saturated heterocycles. The number of amides is 1. The third-order valence-electron chi connectivity index (χ3n) is 6.64. The van der Waals surface area contributed by atoms with Crippen LogP contribution in [0.5, 0.6) is 11.6 Å². The van der Waals surface area contributed by atoms with Crippen molar-refractivity contribution in [1.29, 1.82) is 0 Å². The molecule has 11 nitrogen and oxygen atoms in total. The van der Waals surface area contributed by atoms with E-state index in [9.17, 15) is 9.90 Å². The molecule has 0 aliphatic carbocycles. The molecule has 0 aliphatic heterocycles. The van der Waals surface area contributed by atoms with Crippen molar-refractivity contribution in [3.8, 4) is 22.2 Å². The van der Waals surface area contributed by atoms with Gasteiger partial charge in [0.1, 0.15) is 16.9 Å². The van der Waals surface area contributed by atoms with E-state index in [0.717, 1.165) is 16.0 Å². The molecule has 0 saturated carbocycles. The second-order valence-corrected chi connectivity index (χ2v) is 10.7. The third kappa shape index (κ3) is 5.92. The second kappa shape index (κ2) is 12.2. The summed E-state index contributed by atoms with van der Waals surface area (Å²) in [6.45, 7) is 7.51. The van der Waals surface area contributed by atoms with Gasteiger partial charge < -0.3 is 19.7 Å². The average molecular weight is 593 g/mol. The number of carboxylic acid groups (broad SMARTS) is 1. The van der Waals surface area contributed by atoms with Crippen molar-refractivity contribution in [3.05, 3.63) is 60.1 Å². The highest BCUT2D eigenvalue weighted by molar-refractivity contribution is 7.21. The zero-order valence-corrected chi connectivity index (χ0v) is 24.2. The molecule has 5 aromatic rings. The molecule has 0 fully saturated rings. The molecular weight excluding hydrogens is 563 g/mol. The Labute approximate surface area is 244 Å². The summed E-state index contributed by atoms with van der Waals surface area (Å²) in [5.41, 5.74) is 3.76. The SMILES string of the molecule is CCOc1cnc2c(-c3nc4cc(F)c(O[C@@H](C)[C@@H](C)N(C(=O)O)c5cnc(CCO)nc5)cc4s3)cc(C)cc2n1. The number of fused-ring (bicyclic) bond motifs is 2. The van der Waals surface area contributed by atoms with E-state index in [1.165, 1.54) is 29.8 Å². The zero-order valence-electron chi connectivity index (χ0n) is 23.4. The number of halogens is 1.